The number of nitrogens with zero attached hydrogens (tertiary/aromatic N) is 3. The van der Waals surface area contributed by atoms with E-state index >= 15 is 0 Å². The Morgan fingerprint density at radius 2 is 1.72 bits per heavy atom. The number of hydrogen-bond donors (Lipinski definition) is 2. The maximum absolute atomic E-state index is 13.7. The molecule has 184 valence electrons. The summed E-state index contributed by atoms with van der Waals surface area (Å²) >= 11 is 5.37. The molecule has 3 aromatic rings. The van der Waals surface area contributed by atoms with Gasteiger partial charge in [-0.1, -0.05) is 36.4 Å². The first-order valence-corrected chi connectivity index (χ1v) is 11.6. The van der Waals surface area contributed by atoms with Crippen molar-refractivity contribution in [2.24, 2.45) is 0 Å². The Kier molecular flexibility index (Phi) is 7.30. The predicted octanol–water partition coefficient (Wildman–Crippen LogP) is -1.03. The van der Waals surface area contributed by atoms with Crippen molar-refractivity contribution in [3.63, 3.8) is 0 Å². The number of nitro groups is 1. The molecule has 0 radical (unpaired) electrons. The molecule has 0 aromatic heterocycles. The van der Waals surface area contributed by atoms with Gasteiger partial charge in [0.1, 0.15) is 5.57 Å². The lowest BCUT2D eigenvalue weighted by atomic mass is 10.0. The van der Waals surface area contributed by atoms with Crippen LogP contribution < -0.4 is 32.8 Å². The lowest BCUT2D eigenvalue weighted by molar-refractivity contribution is -0.655. The molecule has 0 unspecified atom stereocenters. The van der Waals surface area contributed by atoms with Crippen LogP contribution in [0.3, 0.4) is 0 Å². The molecule has 2 saturated heterocycles. The normalized spacial score (nSPS) is 17.2. The molecule has 36 heavy (non-hydrogen) atoms. The van der Waals surface area contributed by atoms with E-state index in [4.69, 9.17) is 12.2 Å². The maximum atomic E-state index is 13.7. The van der Waals surface area contributed by atoms with Crippen LogP contribution in [0.2, 0.25) is 0 Å². The van der Waals surface area contributed by atoms with Crippen molar-refractivity contribution in [1.29, 1.82) is 0 Å². The highest BCUT2D eigenvalue weighted by molar-refractivity contribution is 7.80. The standard InChI is InChI=1S/C25H21N5O4S.ClH/c31-23-20(15-17-14-18(30(33)34)8-9-21(17)28-12-10-26-11-13-28)24(32)29(25(35)27-23)22-7-3-5-16-4-1-2-6-19(16)22;/h1-9,14-15,26H,10-13H2,(H,27,31,35);1H/b20-15-;. The summed E-state index contributed by atoms with van der Waals surface area (Å²) in [5, 5.41) is 18.0. The average Bonchev–Trinajstić information content (AvgIpc) is 2.87. The number of thiocarbonyl (C=S) groups is 1. The number of piperazine rings is 1. The topological polar surface area (TPSA) is 112 Å². The Morgan fingerprint density at radius 3 is 2.47 bits per heavy atom. The number of nitrogens with two attached hydrogens (primary N) is 1. The van der Waals surface area contributed by atoms with Crippen molar-refractivity contribution in [2.75, 3.05) is 36.0 Å². The molecule has 3 N–H and O–H groups in total. The minimum Gasteiger partial charge on any atom is -1.00 e. The number of halogens is 1. The van der Waals surface area contributed by atoms with E-state index in [9.17, 15) is 19.7 Å². The fraction of sp³-hybridized carbons (Fsp3) is 0.160. The summed E-state index contributed by atoms with van der Waals surface area (Å²) in [6, 6.07) is 17.6. The zero-order valence-corrected chi connectivity index (χ0v) is 20.6. The number of carbonyl (C=O) groups excluding carboxylic acids is 2. The zero-order valence-electron chi connectivity index (χ0n) is 19.0. The molecule has 3 aromatic carbocycles. The van der Waals surface area contributed by atoms with Gasteiger partial charge in [-0.3, -0.25) is 29.9 Å². The van der Waals surface area contributed by atoms with E-state index in [2.05, 4.69) is 15.5 Å². The predicted molar refractivity (Wildman–Crippen MR) is 137 cm³/mol. The summed E-state index contributed by atoms with van der Waals surface area (Å²) in [5.74, 6) is -1.22. The summed E-state index contributed by atoms with van der Waals surface area (Å²) in [7, 11) is 0. The molecule has 2 aliphatic heterocycles. The second-order valence-corrected chi connectivity index (χ2v) is 8.70. The number of hydrogen-bond acceptors (Lipinski definition) is 6. The molecule has 0 atom stereocenters. The number of non-ortho nitro benzene ring substituents is 1. The van der Waals surface area contributed by atoms with Crippen LogP contribution in [0.1, 0.15) is 5.56 Å². The smallest absolute Gasteiger partial charge is 0.270 e. The van der Waals surface area contributed by atoms with Crippen LogP contribution in [0.15, 0.2) is 66.2 Å². The monoisotopic (exact) mass is 523 g/mol. The van der Waals surface area contributed by atoms with E-state index in [-0.39, 0.29) is 28.8 Å². The minimum atomic E-state index is -0.638. The van der Waals surface area contributed by atoms with Gasteiger partial charge in [0.2, 0.25) is 0 Å². The summed E-state index contributed by atoms with van der Waals surface area (Å²) in [6.07, 6.45) is 1.43. The largest absolute Gasteiger partial charge is 1.00 e. The van der Waals surface area contributed by atoms with Gasteiger partial charge in [0.05, 0.1) is 36.8 Å². The van der Waals surface area contributed by atoms with Gasteiger partial charge in [0.15, 0.2) is 5.11 Å². The van der Waals surface area contributed by atoms with E-state index < -0.39 is 16.7 Å². The van der Waals surface area contributed by atoms with Gasteiger partial charge in [0, 0.05) is 28.8 Å². The lowest BCUT2D eigenvalue weighted by Crippen LogP contribution is -3.00. The lowest BCUT2D eigenvalue weighted by Gasteiger charge is -2.31. The van der Waals surface area contributed by atoms with Crippen LogP contribution in [0.4, 0.5) is 17.1 Å². The van der Waals surface area contributed by atoms with Crippen molar-refractivity contribution < 1.29 is 32.2 Å². The molecule has 0 saturated carbocycles. The molecule has 2 fully saturated rings. The number of nitro benzene ring substituents is 1. The summed E-state index contributed by atoms with van der Waals surface area (Å²) in [5.41, 5.74) is 1.47. The Labute approximate surface area is 218 Å². The Morgan fingerprint density at radius 1 is 1.00 bits per heavy atom. The second-order valence-electron chi connectivity index (χ2n) is 8.31. The Bertz CT molecular complexity index is 1420. The highest BCUT2D eigenvalue weighted by atomic mass is 35.5. The van der Waals surface area contributed by atoms with Gasteiger partial charge in [-0.15, -0.1) is 0 Å². The van der Waals surface area contributed by atoms with Crippen molar-refractivity contribution in [1.82, 2.24) is 5.32 Å². The van der Waals surface area contributed by atoms with Crippen LogP contribution in [0, 0.1) is 10.1 Å². The second kappa shape index (κ2) is 10.4. The molecule has 2 amide bonds. The van der Waals surface area contributed by atoms with Gasteiger partial charge in [-0.05, 0) is 35.8 Å². The molecule has 2 heterocycles. The number of anilines is 2. The third-order valence-electron chi connectivity index (χ3n) is 6.18. The molecule has 0 aliphatic carbocycles. The average molecular weight is 524 g/mol. The fourth-order valence-electron chi connectivity index (χ4n) is 4.49. The number of amides is 2. The van der Waals surface area contributed by atoms with E-state index in [0.29, 0.717) is 11.3 Å². The quantitative estimate of drug-likeness (QED) is 0.149. The molecular weight excluding hydrogens is 502 g/mol. The number of benzene rings is 3. The molecule has 0 bridgehead atoms. The first-order valence-electron chi connectivity index (χ1n) is 11.2. The summed E-state index contributed by atoms with van der Waals surface area (Å²) < 4.78 is 0. The van der Waals surface area contributed by atoms with Gasteiger partial charge in [-0.25, -0.2) is 0 Å². The fourth-order valence-corrected chi connectivity index (χ4v) is 4.76. The van der Waals surface area contributed by atoms with Crippen LogP contribution in [0.5, 0.6) is 0 Å². The van der Waals surface area contributed by atoms with Gasteiger partial charge in [-0.2, -0.15) is 0 Å². The van der Waals surface area contributed by atoms with E-state index in [0.717, 1.165) is 42.6 Å². The molecular formula is C25H22ClN5O4S. The zero-order chi connectivity index (χ0) is 24.5. The molecule has 5 rings (SSSR count). The van der Waals surface area contributed by atoms with Crippen molar-refractivity contribution in [2.45, 2.75) is 0 Å². The molecule has 2 aliphatic rings. The number of quaternary nitrogens is 1. The minimum absolute atomic E-state index is 0. The Balaban J connectivity index is 0.00000304. The number of carbonyl (C=O) groups is 2. The van der Waals surface area contributed by atoms with Crippen LogP contribution in [-0.2, 0) is 9.59 Å². The van der Waals surface area contributed by atoms with Crippen LogP contribution in [0.25, 0.3) is 16.8 Å². The van der Waals surface area contributed by atoms with Gasteiger partial charge in [0.25, 0.3) is 17.5 Å². The first kappa shape index (κ1) is 25.2. The van der Waals surface area contributed by atoms with Crippen molar-refractivity contribution in [3.05, 3.63) is 81.9 Å². The SMILES string of the molecule is O=C1NC(=S)N(c2cccc3ccccc23)C(=O)/C1=C\c1cc([N+](=O)[O-])ccc1N1CC[NH2+]CC1.[Cl-]. The van der Waals surface area contributed by atoms with Gasteiger partial charge >= 0.3 is 0 Å². The Hall–Kier alpha value is -3.86. The summed E-state index contributed by atoms with van der Waals surface area (Å²) in [6.45, 7) is 3.27. The molecule has 11 heteroatoms. The van der Waals surface area contributed by atoms with Crippen LogP contribution in [-0.4, -0.2) is 48.0 Å². The van der Waals surface area contributed by atoms with Crippen molar-refractivity contribution >= 4 is 63.1 Å². The van der Waals surface area contributed by atoms with Gasteiger partial charge < -0.3 is 22.6 Å². The van der Waals surface area contributed by atoms with Crippen LogP contribution >= 0.6 is 12.2 Å². The van der Waals surface area contributed by atoms with E-state index in [1.54, 1.807) is 12.1 Å². The summed E-state index contributed by atoms with van der Waals surface area (Å²) in [4.78, 5) is 40.9. The molecule has 0 spiro atoms. The maximum Gasteiger partial charge on any atom is 0.270 e. The highest BCUT2D eigenvalue weighted by Crippen LogP contribution is 2.32. The van der Waals surface area contributed by atoms with E-state index in [1.807, 2.05) is 36.4 Å². The molecule has 9 nitrogen and oxygen atoms in total. The number of fused-ring (bicyclic) bond motifs is 1. The third-order valence-corrected chi connectivity index (χ3v) is 6.46. The third kappa shape index (κ3) is 4.66. The number of nitrogens with one attached hydrogen (secondary N) is 1. The van der Waals surface area contributed by atoms with Crippen molar-refractivity contribution in [3.8, 4) is 0 Å². The first-order chi connectivity index (χ1) is 16.9. The highest BCUT2D eigenvalue weighted by Gasteiger charge is 2.35. The number of rotatable bonds is 4. The van der Waals surface area contributed by atoms with E-state index in [1.165, 1.54) is 23.1 Å².